The molecule has 10 aromatic rings. The molecule has 0 fully saturated rings. The number of nitrogens with one attached hydrogen (secondary N) is 2. The summed E-state index contributed by atoms with van der Waals surface area (Å²) in [5.41, 5.74) is 3.54. The summed E-state index contributed by atoms with van der Waals surface area (Å²) in [5, 5.41) is 39.1. The van der Waals surface area contributed by atoms with Gasteiger partial charge in [0, 0.05) is 111 Å². The van der Waals surface area contributed by atoms with E-state index < -0.39 is 98.5 Å². The zero-order valence-corrected chi connectivity index (χ0v) is 101. The minimum atomic E-state index is -4.96. The smallest absolute Gasteiger partial charge is 0.748 e. The Balaban J connectivity index is 0.000000691. The van der Waals surface area contributed by atoms with Crippen LogP contribution in [0.1, 0.15) is 136 Å². The Morgan fingerprint density at radius 1 is 0.364 bits per heavy atom. The fraction of sp³-hybridized carbons (Fsp3) is 0.341. The molecule has 0 aliphatic carbocycles. The number of aromatic nitrogens is 6. The van der Waals surface area contributed by atoms with Gasteiger partial charge in [-0.3, -0.25) is 0 Å². The molecule has 0 saturated heterocycles. The van der Waals surface area contributed by atoms with Crippen molar-refractivity contribution >= 4 is 211 Å². The normalized spacial score (nSPS) is 12.2. The summed E-state index contributed by atoms with van der Waals surface area (Å²) in [6.07, 6.45) is 2.40. The minimum absolute atomic E-state index is 0. The molecule has 2 heterocycles. The van der Waals surface area contributed by atoms with Crippen molar-refractivity contribution in [2.75, 3.05) is 60.9 Å². The number of hydrogen-bond donors (Lipinski definition) is 2. The molecule has 720 valence electrons. The van der Waals surface area contributed by atoms with Crippen LogP contribution in [0.15, 0.2) is 172 Å². The first-order valence-corrected chi connectivity index (χ1v) is 52.1. The number of nitrogens with zero attached hydrogens (tertiary/aromatic N) is 14. The molecule has 1 unspecified atom stereocenters. The molecule has 8 aromatic carbocycles. The van der Waals surface area contributed by atoms with Crippen molar-refractivity contribution in [1.82, 2.24) is 29.9 Å². The third-order valence-corrected chi connectivity index (χ3v) is 27.1. The number of anilines is 2. The van der Waals surface area contributed by atoms with E-state index in [4.69, 9.17) is 122 Å². The molecule has 0 spiro atoms. The van der Waals surface area contributed by atoms with Gasteiger partial charge in [-0.1, -0.05) is 119 Å². The Morgan fingerprint density at radius 3 is 0.921 bits per heavy atom. The minimum Gasteiger partial charge on any atom is -0.748 e. The summed E-state index contributed by atoms with van der Waals surface area (Å²) >= 11 is 51.0. The molecule has 0 aliphatic rings. The molecule has 140 heavy (non-hydrogen) atoms. The van der Waals surface area contributed by atoms with E-state index in [1.165, 1.54) is 57.2 Å². The van der Waals surface area contributed by atoms with E-state index in [2.05, 4.69) is 71.5 Å². The van der Waals surface area contributed by atoms with Crippen molar-refractivity contribution in [3.05, 3.63) is 218 Å². The molecule has 2 aromatic heterocycles. The predicted molar refractivity (Wildman–Crippen MR) is 499 cm³/mol. The fourth-order valence-corrected chi connectivity index (χ4v) is 17.3. The van der Waals surface area contributed by atoms with Crippen molar-refractivity contribution < 1.29 is 274 Å². The predicted octanol–water partition coefficient (Wildman–Crippen LogP) is 1.90. The van der Waals surface area contributed by atoms with Crippen molar-refractivity contribution in [3.63, 3.8) is 0 Å². The number of benzene rings is 8. The summed E-state index contributed by atoms with van der Waals surface area (Å²) in [6, 6.07) is 29.2. The van der Waals surface area contributed by atoms with Gasteiger partial charge in [-0.15, -0.1) is 20.5 Å². The van der Waals surface area contributed by atoms with E-state index >= 15 is 0 Å². The molecule has 0 saturated carbocycles. The Kier molecular flexibility index (Phi) is 56.1. The first-order valence-electron chi connectivity index (χ1n) is 40.0. The van der Waals surface area contributed by atoms with Gasteiger partial charge in [0.1, 0.15) is 89.3 Å². The third-order valence-electron chi connectivity index (χ3n) is 18.5. The largest absolute Gasteiger partial charge is 1.00 e. The SMILES string of the molecule is CCCCOc1cc(N=Nc2ccc(Cl)c(C)c2)c(Cl)cc1Cc1nc(Cc2cc(Cl)c(N=Nc3ccc(Cl)c(S(=O)(=O)[O-])c3)cc2OCCCS(=O)(=O)[O-])nc(NC(C)(C)CS(=O)(=O)[O-])n1.CCCCOc1cc(N=Nc2ccc(Cl)c(C)c2)c(Cl)cc1Cc1nc(Cc2cc(Cl)c(N=Nc3ccc(Cl)c(S(=O)(=O)[O-])c3)cc2OCCCS(=O)(=O)[O-])nc(NCCC(C)S(=O)(=O)[O-])n1.[Na+].[Na+].[Na+].[Na+].[Na+].[Na+]. The molecule has 2 N–H and O–H groups in total. The Morgan fingerprint density at radius 2 is 0.650 bits per heavy atom. The van der Waals surface area contributed by atoms with Gasteiger partial charge in [-0.2, -0.15) is 40.4 Å². The van der Waals surface area contributed by atoms with E-state index in [0.717, 1.165) is 61.1 Å². The molecular formula is C82H82Cl8N16Na6O22S6. The van der Waals surface area contributed by atoms with E-state index in [1.54, 1.807) is 60.7 Å². The molecule has 0 bridgehead atoms. The summed E-state index contributed by atoms with van der Waals surface area (Å²) in [6.45, 7) is 12.1. The molecule has 10 rings (SSSR count). The molecule has 1 atom stereocenters. The first-order chi connectivity index (χ1) is 62.8. The van der Waals surface area contributed by atoms with Crippen LogP contribution in [0.3, 0.4) is 0 Å². The van der Waals surface area contributed by atoms with Gasteiger partial charge in [-0.05, 0) is 175 Å². The van der Waals surface area contributed by atoms with Crippen molar-refractivity contribution in [1.29, 1.82) is 0 Å². The molecule has 38 nitrogen and oxygen atoms in total. The fourth-order valence-electron chi connectivity index (χ4n) is 11.9. The van der Waals surface area contributed by atoms with E-state index in [1.807, 2.05) is 27.7 Å². The number of halogens is 8. The van der Waals surface area contributed by atoms with E-state index in [0.29, 0.717) is 79.8 Å². The van der Waals surface area contributed by atoms with Gasteiger partial charge in [0.05, 0.1) is 135 Å². The van der Waals surface area contributed by atoms with Crippen molar-refractivity contribution in [3.8, 4) is 23.0 Å². The van der Waals surface area contributed by atoms with Gasteiger partial charge < -0.3 is 56.9 Å². The van der Waals surface area contributed by atoms with Crippen molar-refractivity contribution in [2.24, 2.45) is 40.9 Å². The third kappa shape index (κ3) is 44.1. The van der Waals surface area contributed by atoms with Crippen LogP contribution in [0, 0.1) is 13.8 Å². The van der Waals surface area contributed by atoms with Crippen LogP contribution in [-0.2, 0) is 86.4 Å². The number of aryl methyl sites for hydroxylation is 2. The second kappa shape index (κ2) is 60.0. The zero-order valence-electron chi connectivity index (χ0n) is 77.8. The van der Waals surface area contributed by atoms with Gasteiger partial charge in [0.2, 0.25) is 11.9 Å². The van der Waals surface area contributed by atoms with E-state index in [9.17, 15) is 77.8 Å². The quantitative estimate of drug-likeness (QED) is 0.0238. The molecule has 0 radical (unpaired) electrons. The average molecular weight is 2260 g/mol. The Labute approximate surface area is 984 Å². The number of hydrogen-bond acceptors (Lipinski definition) is 38. The zero-order chi connectivity index (χ0) is 98.4. The number of rotatable bonds is 45. The van der Waals surface area contributed by atoms with Gasteiger partial charge in [0.25, 0.3) is 0 Å². The van der Waals surface area contributed by atoms with Crippen LogP contribution in [-0.4, -0.2) is 169 Å². The standard InChI is InChI=1S/2C41H44Cl4N8O11S3.6Na/c1-5-6-12-63-35-21-33(52-50-27-8-10-29(42)24(2)15-27)31(44)16-25(35)18-38-46-39(48-40(47-38)49-41(3,4)23-66(57,58)59)19-26-17-32(45)34(22-36(26)64-13-7-14-65(54,55)56)53-51-28-9-11-30(43)37(20-28)67(60,61)62;1-4-5-13-63-36-22-34(52-50-28-7-9-30(42)24(2)16-28)32(44)17-26(36)19-39-47-40(49-41(48-39)46-12-11-25(3)66(57,58)59)20-27-18-33(45)35(23-37(27)64-14-6-15-65(54,55)56)53-51-29-8-10-31(43)38(21-29)67(60,61)62;;;;;;/h8-11,15-17,20-22H,5-7,12-14,18-19,23H2,1-4H3,(H,54,55,56)(H,57,58,59)(H,60,61,62)(H,46,47,48,49);7-10,16-18,21-23,25H,4-6,11-15,19-20H2,1-3H3,(H,54,55,56)(H,57,58,59)(H,60,61,62)(H,46,47,48,49);;;;;;/q;;6*+1/p-6. The van der Waals surface area contributed by atoms with Crippen LogP contribution in [0.2, 0.25) is 40.2 Å². The van der Waals surface area contributed by atoms with Crippen molar-refractivity contribution in [2.45, 2.75) is 140 Å². The van der Waals surface area contributed by atoms with Crippen LogP contribution in [0.4, 0.5) is 57.4 Å². The number of ether oxygens (including phenoxy) is 4. The molecular weight excluding hydrogens is 2170 g/mol. The van der Waals surface area contributed by atoms with Gasteiger partial charge >= 0.3 is 177 Å². The van der Waals surface area contributed by atoms with E-state index in [-0.39, 0.29) is 342 Å². The molecule has 58 heteroatoms. The van der Waals surface area contributed by atoms with Gasteiger partial charge in [0.15, 0.2) is 0 Å². The summed E-state index contributed by atoms with van der Waals surface area (Å²) in [5.74, 6) is -0.889. The average Bonchev–Trinajstić information content (AvgIpc) is 0.817. The second-order valence-corrected chi connectivity index (χ2v) is 42.4. The van der Waals surface area contributed by atoms with Crippen LogP contribution in [0.5, 0.6) is 23.0 Å². The van der Waals surface area contributed by atoms with Crippen LogP contribution >= 0.6 is 92.8 Å². The first kappa shape index (κ1) is 131. The molecule has 0 aliphatic heterocycles. The number of unbranched alkanes of at least 4 members (excludes halogenated alkanes) is 2. The maximum atomic E-state index is 11.8. The Bertz CT molecular complexity index is 6880. The van der Waals surface area contributed by atoms with Gasteiger partial charge in [-0.25, -0.2) is 60.5 Å². The van der Waals surface area contributed by atoms with Crippen LogP contribution in [0.25, 0.3) is 0 Å². The molecule has 0 amide bonds. The topological polar surface area (TPSA) is 580 Å². The maximum absolute atomic E-state index is 11.8. The number of azo groups is 4. The monoisotopic (exact) mass is 2250 g/mol. The summed E-state index contributed by atoms with van der Waals surface area (Å²) in [7, 11) is -28.4. The summed E-state index contributed by atoms with van der Waals surface area (Å²) in [4.78, 5) is 26.2. The summed E-state index contributed by atoms with van der Waals surface area (Å²) < 4.78 is 233. The van der Waals surface area contributed by atoms with Crippen LogP contribution < -0.4 is 207 Å². The second-order valence-electron chi connectivity index (χ2n) is 30.2. The Hall–Kier alpha value is -3.24. The maximum Gasteiger partial charge on any atom is 1.00 e.